The number of hydrogen-bond donors (Lipinski definition) is 0. The van der Waals surface area contributed by atoms with Crippen LogP contribution >= 0.6 is 11.6 Å². The summed E-state index contributed by atoms with van der Waals surface area (Å²) in [5.41, 5.74) is 2.58. The average Bonchev–Trinajstić information content (AvgIpc) is 1.99. The summed E-state index contributed by atoms with van der Waals surface area (Å²) >= 11 is 5.34. The van der Waals surface area contributed by atoms with Crippen molar-refractivity contribution in [1.82, 2.24) is 0 Å². The van der Waals surface area contributed by atoms with Gasteiger partial charge in [-0.25, -0.2) is 4.79 Å². The zero-order valence-corrected chi connectivity index (χ0v) is 7.44. The van der Waals surface area contributed by atoms with Crippen molar-refractivity contribution in [1.29, 1.82) is 0 Å². The number of ether oxygens (including phenoxy) is 1. The van der Waals surface area contributed by atoms with Crippen LogP contribution in [-0.4, -0.2) is 12.6 Å². The largest absolute Gasteiger partial charge is 0.458 e. The Balaban J connectivity index is 3.72. The molecule has 0 saturated carbocycles. The maximum absolute atomic E-state index is 10.8. The maximum Gasteiger partial charge on any atom is 0.333 e. The van der Waals surface area contributed by atoms with Crippen molar-refractivity contribution in [3.63, 3.8) is 0 Å². The lowest BCUT2D eigenvalue weighted by molar-refractivity contribution is -0.137. The van der Waals surface area contributed by atoms with E-state index in [1.165, 1.54) is 5.54 Å². The second-order valence-electron chi connectivity index (χ2n) is 2.31. The fraction of sp³-hybridized carbons (Fsp3) is 0.375. The van der Waals surface area contributed by atoms with Gasteiger partial charge in [0.25, 0.3) is 0 Å². The lowest BCUT2D eigenvalue weighted by atomic mass is 10.3. The highest BCUT2D eigenvalue weighted by molar-refractivity contribution is 6.25. The Morgan fingerprint density at radius 2 is 2.18 bits per heavy atom. The van der Waals surface area contributed by atoms with Gasteiger partial charge in [-0.2, -0.15) is 0 Å². The summed E-state index contributed by atoms with van der Waals surface area (Å²) < 4.78 is 4.76. The van der Waals surface area contributed by atoms with Gasteiger partial charge < -0.3 is 4.74 Å². The monoisotopic (exact) mass is 174 g/mol. The number of halogens is 1. The second-order valence-corrected chi connectivity index (χ2v) is 2.53. The molecule has 0 aliphatic heterocycles. The molecule has 0 aromatic carbocycles. The first-order valence-corrected chi connectivity index (χ1v) is 3.60. The summed E-state index contributed by atoms with van der Waals surface area (Å²) in [4.78, 5) is 10.8. The molecule has 2 nitrogen and oxygen atoms in total. The molecule has 0 saturated heterocycles. The van der Waals surface area contributed by atoms with E-state index < -0.39 is 0 Å². The van der Waals surface area contributed by atoms with Gasteiger partial charge in [0.15, 0.2) is 0 Å². The summed E-state index contributed by atoms with van der Waals surface area (Å²) in [6, 6.07) is 0. The maximum atomic E-state index is 10.8. The molecule has 0 aromatic heterocycles. The number of hydrogen-bond acceptors (Lipinski definition) is 2. The third-order valence-corrected chi connectivity index (χ3v) is 1.34. The summed E-state index contributed by atoms with van der Waals surface area (Å²) in [7, 11) is 0. The number of esters is 1. The van der Waals surface area contributed by atoms with Crippen LogP contribution in [0.5, 0.6) is 0 Å². The zero-order chi connectivity index (χ0) is 8.85. The van der Waals surface area contributed by atoms with Crippen molar-refractivity contribution in [3.8, 4) is 0 Å². The molecule has 0 N–H and O–H groups in total. The Morgan fingerprint density at radius 3 is 2.55 bits per heavy atom. The highest BCUT2D eigenvalue weighted by atomic mass is 35.5. The van der Waals surface area contributed by atoms with E-state index in [4.69, 9.17) is 16.3 Å². The summed E-state index contributed by atoms with van der Waals surface area (Å²) in [6.07, 6.45) is 0. The third kappa shape index (κ3) is 4.62. The molecule has 0 fully saturated rings. The molecule has 62 valence electrons. The van der Waals surface area contributed by atoms with Crippen molar-refractivity contribution in [2.75, 3.05) is 6.61 Å². The fourth-order valence-electron chi connectivity index (χ4n) is 0.334. The van der Waals surface area contributed by atoms with E-state index in [2.05, 4.69) is 6.58 Å². The smallest absolute Gasteiger partial charge is 0.333 e. The molecule has 0 heterocycles. The van der Waals surface area contributed by atoms with Gasteiger partial charge in [-0.05, 0) is 19.4 Å². The molecule has 0 atom stereocenters. The molecule has 0 aliphatic carbocycles. The topological polar surface area (TPSA) is 26.3 Å². The van der Waals surface area contributed by atoms with Gasteiger partial charge >= 0.3 is 5.97 Å². The Kier molecular flexibility index (Phi) is 4.62. The Hall–Kier alpha value is -0.760. The first-order valence-electron chi connectivity index (χ1n) is 3.16. The highest BCUT2D eigenvalue weighted by Crippen LogP contribution is 1.99. The lowest BCUT2D eigenvalue weighted by Gasteiger charge is -2.02. The normalized spacial score (nSPS) is 11.0. The SMILES string of the molecule is C=C(C)C(=O)OCC(C)=CCl. The molecule has 0 spiro atoms. The lowest BCUT2D eigenvalue weighted by Crippen LogP contribution is -2.06. The molecule has 0 unspecified atom stereocenters. The van der Waals surface area contributed by atoms with Crippen molar-refractivity contribution >= 4 is 17.6 Å². The van der Waals surface area contributed by atoms with E-state index in [9.17, 15) is 4.79 Å². The van der Waals surface area contributed by atoms with E-state index in [0.717, 1.165) is 5.57 Å². The molecule has 0 radical (unpaired) electrons. The predicted octanol–water partition coefficient (Wildman–Crippen LogP) is 2.25. The van der Waals surface area contributed by atoms with E-state index in [0.29, 0.717) is 5.57 Å². The Morgan fingerprint density at radius 1 is 1.64 bits per heavy atom. The molecular weight excluding hydrogens is 164 g/mol. The summed E-state index contributed by atoms with van der Waals surface area (Å²) in [5.74, 6) is -0.386. The number of carbonyl (C=O) groups is 1. The summed E-state index contributed by atoms with van der Waals surface area (Å²) in [6.45, 7) is 7.04. The first kappa shape index (κ1) is 10.2. The van der Waals surface area contributed by atoms with Crippen LogP contribution in [0.15, 0.2) is 23.3 Å². The van der Waals surface area contributed by atoms with Gasteiger partial charge in [0, 0.05) is 11.1 Å². The van der Waals surface area contributed by atoms with Gasteiger partial charge in [-0.15, -0.1) is 0 Å². The third-order valence-electron chi connectivity index (χ3n) is 0.966. The van der Waals surface area contributed by atoms with Gasteiger partial charge in [0.2, 0.25) is 0 Å². The fourth-order valence-corrected chi connectivity index (χ4v) is 0.397. The minimum Gasteiger partial charge on any atom is -0.458 e. The van der Waals surface area contributed by atoms with Crippen molar-refractivity contribution in [2.24, 2.45) is 0 Å². The van der Waals surface area contributed by atoms with Crippen molar-refractivity contribution < 1.29 is 9.53 Å². The van der Waals surface area contributed by atoms with E-state index in [1.54, 1.807) is 13.8 Å². The van der Waals surface area contributed by atoms with E-state index in [-0.39, 0.29) is 12.6 Å². The van der Waals surface area contributed by atoms with E-state index >= 15 is 0 Å². The first-order chi connectivity index (χ1) is 5.07. The quantitative estimate of drug-likeness (QED) is 0.485. The minimum atomic E-state index is -0.386. The molecule has 0 bridgehead atoms. The van der Waals surface area contributed by atoms with Crippen LogP contribution in [0.25, 0.3) is 0 Å². The van der Waals surface area contributed by atoms with Crippen LogP contribution < -0.4 is 0 Å². The van der Waals surface area contributed by atoms with Crippen LogP contribution in [-0.2, 0) is 9.53 Å². The molecule has 0 aliphatic rings. The Labute approximate surface area is 71.5 Å². The van der Waals surface area contributed by atoms with Crippen molar-refractivity contribution in [3.05, 3.63) is 23.3 Å². The highest BCUT2D eigenvalue weighted by Gasteiger charge is 2.01. The van der Waals surface area contributed by atoms with Crippen LogP contribution in [0.2, 0.25) is 0 Å². The van der Waals surface area contributed by atoms with Gasteiger partial charge in [0.05, 0.1) is 0 Å². The van der Waals surface area contributed by atoms with Crippen LogP contribution in [0.4, 0.5) is 0 Å². The zero-order valence-electron chi connectivity index (χ0n) is 6.69. The Bertz CT molecular complexity index is 194. The number of carbonyl (C=O) groups excluding carboxylic acids is 1. The standard InChI is InChI=1S/C8H11ClO2/c1-6(2)8(10)11-5-7(3)4-9/h4H,1,5H2,2-3H3. The molecule has 11 heavy (non-hydrogen) atoms. The minimum absolute atomic E-state index is 0.231. The van der Waals surface area contributed by atoms with Gasteiger partial charge in [-0.3, -0.25) is 0 Å². The van der Waals surface area contributed by atoms with Crippen molar-refractivity contribution in [2.45, 2.75) is 13.8 Å². The molecule has 3 heteroatoms. The van der Waals surface area contributed by atoms with Gasteiger partial charge in [0.1, 0.15) is 6.61 Å². The number of rotatable bonds is 3. The predicted molar refractivity (Wildman–Crippen MR) is 45.4 cm³/mol. The van der Waals surface area contributed by atoms with Gasteiger partial charge in [-0.1, -0.05) is 18.2 Å². The van der Waals surface area contributed by atoms with Crippen LogP contribution in [0.1, 0.15) is 13.8 Å². The summed E-state index contributed by atoms with van der Waals surface area (Å²) in [5, 5.41) is 0. The van der Waals surface area contributed by atoms with Crippen LogP contribution in [0.3, 0.4) is 0 Å². The molecule has 0 amide bonds. The van der Waals surface area contributed by atoms with Crippen LogP contribution in [0, 0.1) is 0 Å². The molecular formula is C8H11ClO2. The molecule has 0 aromatic rings. The average molecular weight is 175 g/mol. The second kappa shape index (κ2) is 4.97. The van der Waals surface area contributed by atoms with E-state index in [1.807, 2.05) is 0 Å². The molecule has 0 rings (SSSR count).